The molecule has 2 saturated heterocycles. The largest absolute Gasteiger partial charge is 0.380 e. The highest BCUT2D eigenvalue weighted by atomic mass is 28.1. The van der Waals surface area contributed by atoms with Gasteiger partial charge < -0.3 is 9.47 Å². The summed E-state index contributed by atoms with van der Waals surface area (Å²) < 4.78 is 11.7. The van der Waals surface area contributed by atoms with Crippen LogP contribution in [0.5, 0.6) is 0 Å². The van der Waals surface area contributed by atoms with Crippen molar-refractivity contribution in [1.29, 1.82) is 0 Å². The Kier molecular flexibility index (Phi) is 3.35. The first kappa shape index (κ1) is 12.2. The molecule has 0 aromatic heterocycles. The van der Waals surface area contributed by atoms with Crippen LogP contribution in [0.15, 0.2) is 0 Å². The minimum Gasteiger partial charge on any atom is -0.380 e. The van der Waals surface area contributed by atoms with E-state index in [1.165, 1.54) is 55.2 Å². The van der Waals surface area contributed by atoms with Gasteiger partial charge in [-0.15, -0.1) is 0 Å². The monoisotopic (exact) mass is 254 g/mol. The first-order valence-electron chi connectivity index (χ1n) is 7.46. The van der Waals surface area contributed by atoms with E-state index < -0.39 is 0 Å². The summed E-state index contributed by atoms with van der Waals surface area (Å²) in [6.45, 7) is 3.46. The van der Waals surface area contributed by atoms with Crippen molar-refractivity contribution in [3.8, 4) is 0 Å². The molecule has 0 spiro atoms. The fourth-order valence-corrected chi connectivity index (χ4v) is 5.15. The highest BCUT2D eigenvalue weighted by molar-refractivity contribution is 6.14. The van der Waals surface area contributed by atoms with Crippen molar-refractivity contribution < 1.29 is 9.47 Å². The lowest BCUT2D eigenvalue weighted by Gasteiger charge is -2.38. The van der Waals surface area contributed by atoms with Crippen LogP contribution in [-0.2, 0) is 9.47 Å². The number of fused-ring (bicyclic) bond motifs is 1. The molecular formula is C14H26O2Si. The van der Waals surface area contributed by atoms with Crippen molar-refractivity contribution in [2.24, 2.45) is 11.8 Å². The van der Waals surface area contributed by atoms with Gasteiger partial charge in [0.1, 0.15) is 0 Å². The van der Waals surface area contributed by atoms with Crippen LogP contribution in [0.3, 0.4) is 0 Å². The van der Waals surface area contributed by atoms with Gasteiger partial charge in [-0.25, -0.2) is 0 Å². The molecule has 0 bridgehead atoms. The average Bonchev–Trinajstić information content (AvgIpc) is 3.07. The van der Waals surface area contributed by atoms with E-state index in [0.29, 0.717) is 17.4 Å². The maximum atomic E-state index is 6.09. The molecule has 5 unspecified atom stereocenters. The van der Waals surface area contributed by atoms with Crippen LogP contribution >= 0.6 is 0 Å². The van der Waals surface area contributed by atoms with Crippen molar-refractivity contribution in [3.05, 3.63) is 0 Å². The summed E-state index contributed by atoms with van der Waals surface area (Å²) in [7, 11) is 1.20. The summed E-state index contributed by atoms with van der Waals surface area (Å²) in [4.78, 5) is 0. The van der Waals surface area contributed by atoms with Gasteiger partial charge in [-0.1, -0.05) is 6.92 Å². The molecule has 0 radical (unpaired) electrons. The lowest BCUT2D eigenvalue weighted by atomic mass is 9.78. The molecule has 5 atom stereocenters. The lowest BCUT2D eigenvalue weighted by molar-refractivity contribution is -0.0366. The van der Waals surface area contributed by atoms with Crippen molar-refractivity contribution in [3.63, 3.8) is 0 Å². The number of epoxide rings is 1. The van der Waals surface area contributed by atoms with Gasteiger partial charge in [0.25, 0.3) is 0 Å². The van der Waals surface area contributed by atoms with Crippen molar-refractivity contribution >= 4 is 10.2 Å². The fourth-order valence-electron chi connectivity index (χ4n) is 3.95. The topological polar surface area (TPSA) is 21.8 Å². The van der Waals surface area contributed by atoms with Crippen LogP contribution in [0.25, 0.3) is 0 Å². The van der Waals surface area contributed by atoms with Gasteiger partial charge in [0, 0.05) is 22.1 Å². The molecule has 2 nitrogen and oxygen atoms in total. The second-order valence-electron chi connectivity index (χ2n) is 6.72. The van der Waals surface area contributed by atoms with Crippen LogP contribution in [0.4, 0.5) is 0 Å². The predicted octanol–water partition coefficient (Wildman–Crippen LogP) is 1.84. The highest BCUT2D eigenvalue weighted by Gasteiger charge is 2.45. The van der Waals surface area contributed by atoms with Crippen LogP contribution in [-0.4, -0.2) is 34.3 Å². The predicted molar refractivity (Wildman–Crippen MR) is 72.3 cm³/mol. The van der Waals surface area contributed by atoms with Crippen molar-refractivity contribution in [2.75, 3.05) is 6.61 Å². The SMILES string of the molecule is CC(CC1([SiH3])CCCCO1)C1CCC2OC2C1. The standard InChI is InChI=1S/C14H26O2Si/c1-10(9-14(17)6-2-3-7-15-14)11-4-5-12-13(8-11)16-12/h10-13H,2-9H2,1,17H3. The minimum absolute atomic E-state index is 0.304. The third-order valence-corrected chi connectivity index (χ3v) is 6.35. The zero-order chi connectivity index (χ0) is 11.9. The smallest absolute Gasteiger partial charge is 0.0844 e. The van der Waals surface area contributed by atoms with Crippen LogP contribution in [0, 0.1) is 11.8 Å². The lowest BCUT2D eigenvalue weighted by Crippen LogP contribution is -2.40. The van der Waals surface area contributed by atoms with E-state index >= 15 is 0 Å². The molecule has 3 fully saturated rings. The van der Waals surface area contributed by atoms with Gasteiger partial charge in [0.15, 0.2) is 0 Å². The number of rotatable bonds is 3. The summed E-state index contributed by atoms with van der Waals surface area (Å²) >= 11 is 0. The van der Waals surface area contributed by atoms with E-state index in [0.717, 1.165) is 18.4 Å². The number of hydrogen-bond donors (Lipinski definition) is 0. The Morgan fingerprint density at radius 1 is 1.29 bits per heavy atom. The Morgan fingerprint density at radius 2 is 2.18 bits per heavy atom. The summed E-state index contributed by atoms with van der Waals surface area (Å²) in [6.07, 6.45) is 10.6. The van der Waals surface area contributed by atoms with Crippen LogP contribution in [0.1, 0.15) is 51.9 Å². The highest BCUT2D eigenvalue weighted by Crippen LogP contribution is 2.44. The van der Waals surface area contributed by atoms with E-state index in [9.17, 15) is 0 Å². The molecule has 0 aromatic carbocycles. The van der Waals surface area contributed by atoms with E-state index in [1.54, 1.807) is 0 Å². The quantitative estimate of drug-likeness (QED) is 0.566. The molecule has 3 aliphatic rings. The van der Waals surface area contributed by atoms with E-state index in [1.807, 2.05) is 0 Å². The molecule has 1 aliphatic carbocycles. The molecule has 1 saturated carbocycles. The van der Waals surface area contributed by atoms with E-state index in [4.69, 9.17) is 9.47 Å². The first-order valence-corrected chi connectivity index (χ1v) is 8.46. The molecule has 3 rings (SSSR count). The maximum Gasteiger partial charge on any atom is 0.0844 e. The summed E-state index contributed by atoms with van der Waals surface area (Å²) in [5.41, 5.74) is 0. The van der Waals surface area contributed by atoms with E-state index in [-0.39, 0.29) is 0 Å². The third kappa shape index (κ3) is 2.77. The average molecular weight is 254 g/mol. The zero-order valence-electron chi connectivity index (χ0n) is 11.3. The minimum atomic E-state index is 0.304. The maximum absolute atomic E-state index is 6.09. The molecular weight excluding hydrogens is 228 g/mol. The molecule has 98 valence electrons. The van der Waals surface area contributed by atoms with Crippen LogP contribution in [0.2, 0.25) is 0 Å². The van der Waals surface area contributed by atoms with Gasteiger partial charge in [-0.05, 0) is 56.8 Å². The van der Waals surface area contributed by atoms with Gasteiger partial charge in [0.05, 0.1) is 12.2 Å². The van der Waals surface area contributed by atoms with Crippen molar-refractivity contribution in [2.45, 2.75) is 69.3 Å². The first-order chi connectivity index (χ1) is 8.16. The Morgan fingerprint density at radius 3 is 2.88 bits per heavy atom. The van der Waals surface area contributed by atoms with Crippen LogP contribution < -0.4 is 0 Å². The summed E-state index contributed by atoms with van der Waals surface area (Å²) in [5.74, 6) is 1.73. The second-order valence-corrected chi connectivity index (χ2v) is 8.55. The van der Waals surface area contributed by atoms with Gasteiger partial charge in [-0.2, -0.15) is 0 Å². The van der Waals surface area contributed by atoms with E-state index in [2.05, 4.69) is 6.92 Å². The molecule has 2 aliphatic heterocycles. The van der Waals surface area contributed by atoms with Gasteiger partial charge in [0.2, 0.25) is 0 Å². The Balaban J connectivity index is 1.52. The fraction of sp³-hybridized carbons (Fsp3) is 1.00. The third-order valence-electron chi connectivity index (χ3n) is 5.15. The molecule has 0 aromatic rings. The Labute approximate surface area is 108 Å². The second kappa shape index (κ2) is 4.67. The Hall–Kier alpha value is 0.137. The summed E-state index contributed by atoms with van der Waals surface area (Å²) in [6, 6.07) is 0. The molecule has 2 heterocycles. The Bertz CT molecular complexity index is 275. The molecule has 0 amide bonds. The zero-order valence-corrected chi connectivity index (χ0v) is 13.3. The van der Waals surface area contributed by atoms with Crippen molar-refractivity contribution in [1.82, 2.24) is 0 Å². The molecule has 0 N–H and O–H groups in total. The summed E-state index contributed by atoms with van der Waals surface area (Å²) in [5, 5.41) is 0.304. The van der Waals surface area contributed by atoms with Gasteiger partial charge >= 0.3 is 0 Å². The number of hydrogen-bond acceptors (Lipinski definition) is 2. The number of ether oxygens (including phenoxy) is 2. The molecule has 17 heavy (non-hydrogen) atoms. The normalized spacial score (nSPS) is 47.5. The molecule has 3 heteroatoms. The van der Waals surface area contributed by atoms with Gasteiger partial charge in [-0.3, -0.25) is 0 Å².